The first-order valence-electron chi connectivity index (χ1n) is 6.14. The predicted octanol–water partition coefficient (Wildman–Crippen LogP) is 1.54. The van der Waals surface area contributed by atoms with Crippen molar-refractivity contribution in [1.29, 1.82) is 0 Å². The largest absolute Gasteiger partial charge is 0.489 e. The normalized spacial score (nSPS) is 11.6. The van der Waals surface area contributed by atoms with E-state index in [1.165, 1.54) is 6.26 Å². The van der Waals surface area contributed by atoms with Crippen molar-refractivity contribution in [2.45, 2.75) is 20.0 Å². The monoisotopic (exact) mass is 286 g/mol. The number of nitrogens with two attached hydrogens (primary N) is 1. The van der Waals surface area contributed by atoms with Gasteiger partial charge >= 0.3 is 0 Å². The summed E-state index contributed by atoms with van der Waals surface area (Å²) in [5, 5.41) is 0. The summed E-state index contributed by atoms with van der Waals surface area (Å²) in [5.74, 6) is 0.743. The molecule has 0 aromatic heterocycles. The summed E-state index contributed by atoms with van der Waals surface area (Å²) < 4.78 is 27.9. The van der Waals surface area contributed by atoms with E-state index in [1.807, 2.05) is 37.9 Å². The number of anilines is 2. The maximum atomic E-state index is 11.2. The molecule has 6 heteroatoms. The van der Waals surface area contributed by atoms with Crippen LogP contribution in [0.1, 0.15) is 13.8 Å². The van der Waals surface area contributed by atoms with Crippen LogP contribution >= 0.6 is 0 Å². The molecule has 0 amide bonds. The van der Waals surface area contributed by atoms with Crippen molar-refractivity contribution in [2.75, 3.05) is 36.2 Å². The van der Waals surface area contributed by atoms with Crippen LogP contribution in [0.3, 0.4) is 0 Å². The van der Waals surface area contributed by atoms with Crippen LogP contribution in [0.25, 0.3) is 0 Å². The van der Waals surface area contributed by atoms with E-state index in [4.69, 9.17) is 10.5 Å². The van der Waals surface area contributed by atoms with E-state index in [1.54, 1.807) is 6.07 Å². The summed E-state index contributed by atoms with van der Waals surface area (Å²) in [6, 6.07) is 5.45. The van der Waals surface area contributed by atoms with Crippen LogP contribution in [0.5, 0.6) is 5.75 Å². The highest BCUT2D eigenvalue weighted by Crippen LogP contribution is 2.28. The van der Waals surface area contributed by atoms with Gasteiger partial charge in [0.25, 0.3) is 0 Å². The van der Waals surface area contributed by atoms with Crippen molar-refractivity contribution in [1.82, 2.24) is 0 Å². The zero-order chi connectivity index (χ0) is 14.6. The molecule has 0 saturated carbocycles. The highest BCUT2D eigenvalue weighted by atomic mass is 32.2. The molecule has 1 aromatic carbocycles. The molecule has 1 rings (SSSR count). The van der Waals surface area contributed by atoms with Crippen molar-refractivity contribution >= 4 is 21.2 Å². The van der Waals surface area contributed by atoms with Gasteiger partial charge in [0.15, 0.2) is 0 Å². The van der Waals surface area contributed by atoms with Crippen LogP contribution in [0.15, 0.2) is 18.2 Å². The Kier molecular flexibility index (Phi) is 5.05. The number of nitrogens with zero attached hydrogens (tertiary/aromatic N) is 1. The highest BCUT2D eigenvalue weighted by Gasteiger charge is 2.10. The lowest BCUT2D eigenvalue weighted by atomic mass is 10.2. The highest BCUT2D eigenvalue weighted by molar-refractivity contribution is 7.90. The van der Waals surface area contributed by atoms with Crippen molar-refractivity contribution in [2.24, 2.45) is 0 Å². The molecule has 0 heterocycles. The van der Waals surface area contributed by atoms with Crippen molar-refractivity contribution < 1.29 is 13.2 Å². The molecule has 0 bridgehead atoms. The topological polar surface area (TPSA) is 72.6 Å². The second kappa shape index (κ2) is 6.14. The molecule has 0 aliphatic carbocycles. The van der Waals surface area contributed by atoms with Crippen LogP contribution in [0.2, 0.25) is 0 Å². The average molecular weight is 286 g/mol. The zero-order valence-electron chi connectivity index (χ0n) is 11.9. The molecule has 0 fully saturated rings. The van der Waals surface area contributed by atoms with Gasteiger partial charge in [0, 0.05) is 31.6 Å². The lowest BCUT2D eigenvalue weighted by molar-refractivity contribution is 0.244. The summed E-state index contributed by atoms with van der Waals surface area (Å²) in [7, 11) is -1.12. The number of sulfone groups is 1. The summed E-state index contributed by atoms with van der Waals surface area (Å²) in [4.78, 5) is 1.87. The Labute approximate surface area is 115 Å². The minimum Gasteiger partial charge on any atom is -0.489 e. The third kappa shape index (κ3) is 5.38. The molecule has 0 unspecified atom stereocenters. The fourth-order valence-electron chi connectivity index (χ4n) is 1.55. The quantitative estimate of drug-likeness (QED) is 0.803. The Balaban J connectivity index is 2.83. The number of ether oxygens (including phenoxy) is 1. The average Bonchev–Trinajstić information content (AvgIpc) is 2.27. The smallest absolute Gasteiger partial charge is 0.149 e. The molecule has 0 atom stereocenters. The first-order chi connectivity index (χ1) is 8.69. The molecule has 2 N–H and O–H groups in total. The first-order valence-corrected chi connectivity index (χ1v) is 8.20. The molecule has 0 spiro atoms. The molecule has 0 aliphatic rings. The minimum absolute atomic E-state index is 0.0406. The van der Waals surface area contributed by atoms with Gasteiger partial charge < -0.3 is 15.4 Å². The molecular formula is C13H22N2O3S. The van der Waals surface area contributed by atoms with Crippen LogP contribution in [-0.2, 0) is 9.84 Å². The Hall–Kier alpha value is -1.43. The van der Waals surface area contributed by atoms with E-state index in [9.17, 15) is 8.42 Å². The van der Waals surface area contributed by atoms with Crippen LogP contribution < -0.4 is 15.4 Å². The first kappa shape index (κ1) is 15.6. The van der Waals surface area contributed by atoms with Gasteiger partial charge in [0.05, 0.1) is 17.5 Å². The van der Waals surface area contributed by atoms with Gasteiger partial charge in [-0.05, 0) is 26.0 Å². The number of rotatable bonds is 6. The van der Waals surface area contributed by atoms with Gasteiger partial charge in [-0.1, -0.05) is 0 Å². The van der Waals surface area contributed by atoms with Crippen molar-refractivity contribution in [3.05, 3.63) is 18.2 Å². The maximum Gasteiger partial charge on any atom is 0.149 e. The van der Waals surface area contributed by atoms with Crippen LogP contribution in [0, 0.1) is 0 Å². The fraction of sp³-hybridized carbons (Fsp3) is 0.538. The number of hydrogen-bond acceptors (Lipinski definition) is 5. The van der Waals surface area contributed by atoms with Crippen LogP contribution in [0.4, 0.5) is 11.4 Å². The Bertz CT molecular complexity index is 527. The van der Waals surface area contributed by atoms with Gasteiger partial charge in [-0.15, -0.1) is 0 Å². The zero-order valence-corrected chi connectivity index (χ0v) is 12.7. The summed E-state index contributed by atoms with van der Waals surface area (Å²) in [6.07, 6.45) is 1.27. The van der Waals surface area contributed by atoms with Gasteiger partial charge in [-0.2, -0.15) is 0 Å². The van der Waals surface area contributed by atoms with E-state index in [0.29, 0.717) is 18.0 Å². The van der Waals surface area contributed by atoms with Gasteiger partial charge in [-0.25, -0.2) is 8.42 Å². The maximum absolute atomic E-state index is 11.2. The minimum atomic E-state index is -2.96. The van der Waals surface area contributed by atoms with E-state index in [0.717, 1.165) is 5.69 Å². The lowest BCUT2D eigenvalue weighted by Crippen LogP contribution is -2.25. The second-order valence-corrected chi connectivity index (χ2v) is 7.20. The fourth-order valence-corrected chi connectivity index (χ4v) is 2.15. The molecule has 0 radical (unpaired) electrons. The molecule has 0 aliphatic heterocycles. The van der Waals surface area contributed by atoms with Gasteiger partial charge in [0.2, 0.25) is 0 Å². The Morgan fingerprint density at radius 2 is 2.00 bits per heavy atom. The van der Waals surface area contributed by atoms with E-state index in [-0.39, 0.29) is 11.9 Å². The molecule has 1 aromatic rings. The summed E-state index contributed by atoms with van der Waals surface area (Å²) in [6.45, 7) is 4.29. The second-order valence-electron chi connectivity index (χ2n) is 4.94. The third-order valence-electron chi connectivity index (χ3n) is 2.60. The molecule has 0 saturated heterocycles. The van der Waals surface area contributed by atoms with Gasteiger partial charge in [0.1, 0.15) is 15.6 Å². The Morgan fingerprint density at radius 1 is 1.37 bits per heavy atom. The van der Waals surface area contributed by atoms with E-state index >= 15 is 0 Å². The standard InChI is InChI=1S/C13H22N2O3S/c1-10(2)18-13-9-11(5-6-12(13)14)15(3)7-8-19(4,16)17/h5-6,9-10H,7-8,14H2,1-4H3. The molecule has 5 nitrogen and oxygen atoms in total. The van der Waals surface area contributed by atoms with Crippen molar-refractivity contribution in [3.8, 4) is 5.75 Å². The lowest BCUT2D eigenvalue weighted by Gasteiger charge is -2.21. The number of nitrogen functional groups attached to an aromatic ring is 1. The third-order valence-corrected chi connectivity index (χ3v) is 3.52. The van der Waals surface area contributed by atoms with Gasteiger partial charge in [-0.3, -0.25) is 0 Å². The van der Waals surface area contributed by atoms with E-state index < -0.39 is 9.84 Å². The van der Waals surface area contributed by atoms with Crippen molar-refractivity contribution in [3.63, 3.8) is 0 Å². The Morgan fingerprint density at radius 3 is 2.53 bits per heavy atom. The molecule has 19 heavy (non-hydrogen) atoms. The molecular weight excluding hydrogens is 264 g/mol. The predicted molar refractivity (Wildman–Crippen MR) is 79.6 cm³/mol. The number of benzene rings is 1. The SMILES string of the molecule is CC(C)Oc1cc(N(C)CCS(C)(=O)=O)ccc1N. The summed E-state index contributed by atoms with van der Waals surface area (Å²) in [5.41, 5.74) is 7.30. The number of hydrogen-bond donors (Lipinski definition) is 1. The van der Waals surface area contributed by atoms with E-state index in [2.05, 4.69) is 0 Å². The summed E-state index contributed by atoms with van der Waals surface area (Å²) >= 11 is 0. The molecule has 108 valence electrons. The van der Waals surface area contributed by atoms with Crippen LogP contribution in [-0.4, -0.2) is 40.1 Å².